The Morgan fingerprint density at radius 1 is 1.00 bits per heavy atom. The van der Waals surface area contributed by atoms with Crippen molar-refractivity contribution >= 4 is 5.71 Å². The van der Waals surface area contributed by atoms with Crippen LogP contribution in [-0.2, 0) is 0 Å². The summed E-state index contributed by atoms with van der Waals surface area (Å²) in [6.07, 6.45) is 6.81. The van der Waals surface area contributed by atoms with Crippen LogP contribution in [0.15, 0.2) is 28.3 Å². The molecule has 0 saturated carbocycles. The molecule has 0 amide bonds. The Balaban J connectivity index is 3.79. The molecular weight excluding hydrogens is 170 g/mol. The summed E-state index contributed by atoms with van der Waals surface area (Å²) in [4.78, 5) is 4.33. The summed E-state index contributed by atoms with van der Waals surface area (Å²) in [5.74, 6) is 0. The van der Waals surface area contributed by atoms with Crippen LogP contribution in [-0.4, -0.2) is 12.3 Å². The van der Waals surface area contributed by atoms with Gasteiger partial charge in [0.1, 0.15) is 0 Å². The van der Waals surface area contributed by atoms with E-state index in [1.54, 1.807) is 0 Å². The molecule has 0 fully saturated rings. The molecule has 1 heteroatoms. The van der Waals surface area contributed by atoms with Gasteiger partial charge in [0.25, 0.3) is 0 Å². The third kappa shape index (κ3) is 9.24. The van der Waals surface area contributed by atoms with E-state index in [0.29, 0.717) is 0 Å². The van der Waals surface area contributed by atoms with E-state index in [1.165, 1.54) is 11.1 Å². The van der Waals surface area contributed by atoms with Crippen LogP contribution in [0, 0.1) is 0 Å². The fourth-order valence-corrected chi connectivity index (χ4v) is 1.07. The lowest BCUT2D eigenvalue weighted by Gasteiger charge is -1.97. The predicted octanol–water partition coefficient (Wildman–Crippen LogP) is 4.16. The highest BCUT2D eigenvalue weighted by molar-refractivity contribution is 5.79. The molecule has 0 rings (SSSR count). The summed E-state index contributed by atoms with van der Waals surface area (Å²) in [6.45, 7) is 11.4. The van der Waals surface area contributed by atoms with E-state index in [1.807, 2.05) is 13.8 Å². The second kappa shape index (κ2) is 7.54. The van der Waals surface area contributed by atoms with Crippen molar-refractivity contribution in [2.45, 2.75) is 47.5 Å². The highest BCUT2D eigenvalue weighted by atomic mass is 14.7. The normalized spacial score (nSPS) is 11.1. The molecule has 14 heavy (non-hydrogen) atoms. The van der Waals surface area contributed by atoms with Gasteiger partial charge in [-0.2, -0.15) is 0 Å². The zero-order chi connectivity index (χ0) is 11.0. The molecule has 0 atom stereocenters. The molecule has 0 aliphatic heterocycles. The Kier molecular flexibility index (Phi) is 7.09. The fourth-order valence-electron chi connectivity index (χ4n) is 1.07. The molecule has 0 N–H and O–H groups in total. The molecule has 0 unspecified atom stereocenters. The van der Waals surface area contributed by atoms with Gasteiger partial charge in [0.15, 0.2) is 0 Å². The number of rotatable bonds is 5. The van der Waals surface area contributed by atoms with Gasteiger partial charge in [0, 0.05) is 5.71 Å². The summed E-state index contributed by atoms with van der Waals surface area (Å²) < 4.78 is 0. The van der Waals surface area contributed by atoms with Crippen molar-refractivity contribution in [3.63, 3.8) is 0 Å². The monoisotopic (exact) mass is 193 g/mol. The van der Waals surface area contributed by atoms with Crippen LogP contribution in [0.4, 0.5) is 0 Å². The lowest BCUT2D eigenvalue weighted by molar-refractivity contribution is 0.956. The number of allylic oxidation sites excluding steroid dienone is 3. The zero-order valence-electron chi connectivity index (χ0n) is 10.2. The quantitative estimate of drug-likeness (QED) is 0.459. The van der Waals surface area contributed by atoms with Crippen LogP contribution in [0.3, 0.4) is 0 Å². The van der Waals surface area contributed by atoms with Crippen LogP contribution in [0.2, 0.25) is 0 Å². The average Bonchev–Trinajstić information content (AvgIpc) is 2.02. The molecule has 0 radical (unpaired) electrons. The van der Waals surface area contributed by atoms with Gasteiger partial charge in [-0.3, -0.25) is 4.99 Å². The summed E-state index contributed by atoms with van der Waals surface area (Å²) in [5, 5.41) is 0. The van der Waals surface area contributed by atoms with Crippen LogP contribution < -0.4 is 0 Å². The number of aliphatic imine (C=N–C) groups is 1. The minimum Gasteiger partial charge on any atom is -0.291 e. The third-order valence-corrected chi connectivity index (χ3v) is 1.94. The molecule has 0 aromatic heterocycles. The summed E-state index contributed by atoms with van der Waals surface area (Å²) in [6, 6.07) is 0. The minimum atomic E-state index is 0.836. The number of hydrogen-bond acceptors (Lipinski definition) is 1. The summed E-state index contributed by atoms with van der Waals surface area (Å²) >= 11 is 0. The van der Waals surface area contributed by atoms with E-state index in [4.69, 9.17) is 0 Å². The Morgan fingerprint density at radius 3 is 2.14 bits per heavy atom. The Labute approximate surface area is 88.6 Å². The van der Waals surface area contributed by atoms with Crippen LogP contribution in [0.25, 0.3) is 0 Å². The van der Waals surface area contributed by atoms with Crippen molar-refractivity contribution in [2.75, 3.05) is 6.54 Å². The largest absolute Gasteiger partial charge is 0.291 e. The molecule has 0 aromatic rings. The maximum atomic E-state index is 4.33. The van der Waals surface area contributed by atoms with Gasteiger partial charge in [0.2, 0.25) is 0 Å². The lowest BCUT2D eigenvalue weighted by atomic mass is 10.1. The molecule has 0 saturated heterocycles. The fraction of sp³-hybridized carbons (Fsp3) is 0.615. The first-order valence-electron chi connectivity index (χ1n) is 5.29. The average molecular weight is 193 g/mol. The second-order valence-electron chi connectivity index (χ2n) is 4.16. The standard InChI is InChI=1S/C13H23N/c1-11(2)7-6-8-13(5)9-10-14-12(3)4/h7,9H,6,8,10H2,1-5H3/b13-9+. The lowest BCUT2D eigenvalue weighted by Crippen LogP contribution is -1.85. The van der Waals surface area contributed by atoms with Crippen molar-refractivity contribution < 1.29 is 0 Å². The van der Waals surface area contributed by atoms with Gasteiger partial charge >= 0.3 is 0 Å². The number of hydrogen-bond donors (Lipinski definition) is 0. The molecule has 0 aromatic carbocycles. The van der Waals surface area contributed by atoms with E-state index in [0.717, 1.165) is 25.1 Å². The zero-order valence-corrected chi connectivity index (χ0v) is 10.2. The van der Waals surface area contributed by atoms with E-state index in [2.05, 4.69) is 37.9 Å². The minimum absolute atomic E-state index is 0.836. The van der Waals surface area contributed by atoms with Gasteiger partial charge in [-0.25, -0.2) is 0 Å². The molecule has 0 heterocycles. The van der Waals surface area contributed by atoms with Gasteiger partial charge in [-0.05, 0) is 47.5 Å². The van der Waals surface area contributed by atoms with E-state index in [9.17, 15) is 0 Å². The second-order valence-corrected chi connectivity index (χ2v) is 4.16. The van der Waals surface area contributed by atoms with Crippen molar-refractivity contribution in [1.82, 2.24) is 0 Å². The molecular formula is C13H23N. The number of nitrogens with zero attached hydrogens (tertiary/aromatic N) is 1. The maximum absolute atomic E-state index is 4.33. The SMILES string of the molecule is CC(C)=CCC/C(C)=C/CN=C(C)C. The Bertz CT molecular complexity index is 236. The molecule has 1 nitrogen and oxygen atoms in total. The Morgan fingerprint density at radius 2 is 1.64 bits per heavy atom. The smallest absolute Gasteiger partial charge is 0.0571 e. The summed E-state index contributed by atoms with van der Waals surface area (Å²) in [5.41, 5.74) is 3.99. The van der Waals surface area contributed by atoms with Crippen molar-refractivity contribution in [3.05, 3.63) is 23.3 Å². The maximum Gasteiger partial charge on any atom is 0.0571 e. The molecule has 80 valence electrons. The highest BCUT2D eigenvalue weighted by Gasteiger charge is 1.88. The van der Waals surface area contributed by atoms with Gasteiger partial charge < -0.3 is 0 Å². The topological polar surface area (TPSA) is 12.4 Å². The van der Waals surface area contributed by atoms with Gasteiger partial charge in [-0.1, -0.05) is 23.3 Å². The molecule has 0 aliphatic rings. The van der Waals surface area contributed by atoms with Crippen LogP contribution in [0.5, 0.6) is 0 Å². The van der Waals surface area contributed by atoms with E-state index in [-0.39, 0.29) is 0 Å². The first kappa shape index (κ1) is 13.2. The first-order chi connectivity index (χ1) is 6.52. The van der Waals surface area contributed by atoms with Gasteiger partial charge in [0.05, 0.1) is 6.54 Å². The van der Waals surface area contributed by atoms with Crippen molar-refractivity contribution in [3.8, 4) is 0 Å². The van der Waals surface area contributed by atoms with Crippen LogP contribution >= 0.6 is 0 Å². The highest BCUT2D eigenvalue weighted by Crippen LogP contribution is 2.06. The molecule has 0 spiro atoms. The Hall–Kier alpha value is -0.850. The third-order valence-electron chi connectivity index (χ3n) is 1.94. The van der Waals surface area contributed by atoms with E-state index >= 15 is 0 Å². The summed E-state index contributed by atoms with van der Waals surface area (Å²) in [7, 11) is 0. The predicted molar refractivity (Wildman–Crippen MR) is 66.1 cm³/mol. The molecule has 0 aliphatic carbocycles. The van der Waals surface area contributed by atoms with Crippen molar-refractivity contribution in [1.29, 1.82) is 0 Å². The van der Waals surface area contributed by atoms with Gasteiger partial charge in [-0.15, -0.1) is 0 Å². The van der Waals surface area contributed by atoms with E-state index < -0.39 is 0 Å². The first-order valence-corrected chi connectivity index (χ1v) is 5.29. The van der Waals surface area contributed by atoms with Crippen LogP contribution in [0.1, 0.15) is 47.5 Å². The van der Waals surface area contributed by atoms with Crippen molar-refractivity contribution in [2.24, 2.45) is 4.99 Å². The molecule has 0 bridgehead atoms.